The topological polar surface area (TPSA) is 24.5 Å². The molecule has 23 heavy (non-hydrogen) atoms. The van der Waals surface area contributed by atoms with Crippen molar-refractivity contribution >= 4 is 0 Å². The first-order chi connectivity index (χ1) is 10.8. The average Bonchev–Trinajstić information content (AvgIpc) is 2.52. The van der Waals surface area contributed by atoms with Crippen molar-refractivity contribution in [3.05, 3.63) is 41.5 Å². The average molecular weight is 328 g/mol. The predicted octanol–water partition coefficient (Wildman–Crippen LogP) is 3.63. The molecule has 1 aliphatic rings. The minimum atomic E-state index is -4.37. The molecule has 1 N–H and O–H groups in total. The molecule has 0 unspecified atom stereocenters. The van der Waals surface area contributed by atoms with Crippen molar-refractivity contribution in [2.45, 2.75) is 25.6 Å². The third-order valence-corrected chi connectivity index (χ3v) is 4.05. The molecule has 0 spiro atoms. The second kappa shape index (κ2) is 7.36. The number of nitrogens with zero attached hydrogens (tertiary/aromatic N) is 1. The molecular weight excluding hydrogens is 305 g/mol. The van der Waals surface area contributed by atoms with Crippen LogP contribution in [0.3, 0.4) is 0 Å². The van der Waals surface area contributed by atoms with E-state index in [-0.39, 0.29) is 11.8 Å². The molecule has 1 atom stereocenters. The molecule has 3 nitrogen and oxygen atoms in total. The number of piperazine rings is 1. The van der Waals surface area contributed by atoms with Crippen LogP contribution in [0.1, 0.15) is 30.5 Å². The molecule has 0 bridgehead atoms. The molecule has 0 aliphatic carbocycles. The molecule has 2 rings (SSSR count). The van der Waals surface area contributed by atoms with Gasteiger partial charge in [0.25, 0.3) is 0 Å². The standard InChI is InChI=1S/C17H23F3N2O/c1-12(2)10-15(22-8-6-21-7-9-22)14-5-4-13(17(18,19)20)11-16(14)23-3/h4-5,11,15,21H,1,6-10H2,2-3H3/t15-/m0/s1. The third-order valence-electron chi connectivity index (χ3n) is 4.05. The number of halogens is 3. The zero-order valence-electron chi connectivity index (χ0n) is 13.5. The highest BCUT2D eigenvalue weighted by molar-refractivity contribution is 5.41. The van der Waals surface area contributed by atoms with Crippen molar-refractivity contribution in [2.75, 3.05) is 33.3 Å². The first kappa shape index (κ1) is 17.8. The fourth-order valence-electron chi connectivity index (χ4n) is 2.92. The lowest BCUT2D eigenvalue weighted by Gasteiger charge is -2.36. The Morgan fingerprint density at radius 2 is 2.00 bits per heavy atom. The van der Waals surface area contributed by atoms with Gasteiger partial charge in [0.05, 0.1) is 12.7 Å². The van der Waals surface area contributed by atoms with Gasteiger partial charge in [-0.15, -0.1) is 6.58 Å². The third kappa shape index (κ3) is 4.48. The molecule has 0 saturated carbocycles. The number of hydrogen-bond acceptors (Lipinski definition) is 3. The molecular formula is C17H23F3N2O. The van der Waals surface area contributed by atoms with Crippen LogP contribution in [0.2, 0.25) is 0 Å². The van der Waals surface area contributed by atoms with Gasteiger partial charge in [-0.05, 0) is 25.5 Å². The molecule has 1 aromatic rings. The number of ether oxygens (including phenoxy) is 1. The molecule has 0 radical (unpaired) electrons. The minimum absolute atomic E-state index is 0.0215. The van der Waals surface area contributed by atoms with Crippen LogP contribution in [-0.4, -0.2) is 38.2 Å². The summed E-state index contributed by atoms with van der Waals surface area (Å²) in [5.41, 5.74) is 1.09. The predicted molar refractivity (Wildman–Crippen MR) is 84.6 cm³/mol. The van der Waals surface area contributed by atoms with Crippen LogP contribution in [0.5, 0.6) is 5.75 Å². The monoisotopic (exact) mass is 328 g/mol. The van der Waals surface area contributed by atoms with E-state index in [0.717, 1.165) is 49.4 Å². The largest absolute Gasteiger partial charge is 0.496 e. The van der Waals surface area contributed by atoms with E-state index < -0.39 is 11.7 Å². The van der Waals surface area contributed by atoms with Gasteiger partial charge in [-0.25, -0.2) is 0 Å². The second-order valence-corrected chi connectivity index (χ2v) is 5.92. The Morgan fingerprint density at radius 1 is 1.35 bits per heavy atom. The van der Waals surface area contributed by atoms with E-state index in [9.17, 15) is 13.2 Å². The molecule has 128 valence electrons. The van der Waals surface area contributed by atoms with Gasteiger partial charge in [-0.1, -0.05) is 11.6 Å². The quantitative estimate of drug-likeness (QED) is 0.836. The van der Waals surface area contributed by atoms with Gasteiger partial charge >= 0.3 is 6.18 Å². The molecule has 1 saturated heterocycles. The van der Waals surface area contributed by atoms with E-state index in [2.05, 4.69) is 16.8 Å². The van der Waals surface area contributed by atoms with Crippen LogP contribution in [0.4, 0.5) is 13.2 Å². The maximum atomic E-state index is 12.9. The zero-order chi connectivity index (χ0) is 17.0. The Balaban J connectivity index is 2.38. The summed E-state index contributed by atoms with van der Waals surface area (Å²) in [5, 5.41) is 3.29. The summed E-state index contributed by atoms with van der Waals surface area (Å²) in [5.74, 6) is 0.282. The van der Waals surface area contributed by atoms with E-state index in [1.165, 1.54) is 13.2 Å². The van der Waals surface area contributed by atoms with Crippen LogP contribution in [0, 0.1) is 0 Å². The van der Waals surface area contributed by atoms with Crippen LogP contribution in [0.25, 0.3) is 0 Å². The van der Waals surface area contributed by atoms with E-state index in [4.69, 9.17) is 4.74 Å². The fourth-order valence-corrected chi connectivity index (χ4v) is 2.92. The first-order valence-corrected chi connectivity index (χ1v) is 7.67. The number of nitrogens with one attached hydrogen (secondary N) is 1. The van der Waals surface area contributed by atoms with Crippen molar-refractivity contribution < 1.29 is 17.9 Å². The first-order valence-electron chi connectivity index (χ1n) is 7.67. The molecule has 1 aromatic carbocycles. The summed E-state index contributed by atoms with van der Waals surface area (Å²) >= 11 is 0. The Morgan fingerprint density at radius 3 is 2.52 bits per heavy atom. The summed E-state index contributed by atoms with van der Waals surface area (Å²) in [6, 6.07) is 3.73. The van der Waals surface area contributed by atoms with Crippen molar-refractivity contribution in [3.63, 3.8) is 0 Å². The SMILES string of the molecule is C=C(C)C[C@@H](c1ccc(C(F)(F)F)cc1OC)N1CCNCC1. The highest BCUT2D eigenvalue weighted by Gasteiger charge is 2.33. The molecule has 1 heterocycles. The smallest absolute Gasteiger partial charge is 0.416 e. The van der Waals surface area contributed by atoms with Gasteiger partial charge in [0.15, 0.2) is 0 Å². The summed E-state index contributed by atoms with van der Waals surface area (Å²) in [7, 11) is 1.41. The lowest BCUT2D eigenvalue weighted by molar-refractivity contribution is -0.137. The molecule has 6 heteroatoms. The number of alkyl halides is 3. The van der Waals surface area contributed by atoms with E-state index in [1.54, 1.807) is 0 Å². The summed E-state index contributed by atoms with van der Waals surface area (Å²) in [6.07, 6.45) is -3.67. The number of methoxy groups -OCH3 is 1. The van der Waals surface area contributed by atoms with E-state index in [0.29, 0.717) is 6.42 Å². The number of benzene rings is 1. The highest BCUT2D eigenvalue weighted by atomic mass is 19.4. The Hall–Kier alpha value is -1.53. The van der Waals surface area contributed by atoms with Gasteiger partial charge < -0.3 is 10.1 Å². The van der Waals surface area contributed by atoms with Crippen molar-refractivity contribution in [1.29, 1.82) is 0 Å². The van der Waals surface area contributed by atoms with Crippen LogP contribution in [-0.2, 0) is 6.18 Å². The van der Waals surface area contributed by atoms with Gasteiger partial charge in [0.1, 0.15) is 5.75 Å². The Labute approximate surface area is 135 Å². The Bertz CT molecular complexity index is 551. The van der Waals surface area contributed by atoms with Crippen LogP contribution < -0.4 is 10.1 Å². The Kier molecular flexibility index (Phi) is 5.70. The normalized spacial score (nSPS) is 17.8. The van der Waals surface area contributed by atoms with Crippen LogP contribution >= 0.6 is 0 Å². The molecule has 1 aliphatic heterocycles. The number of rotatable bonds is 5. The van der Waals surface area contributed by atoms with E-state index >= 15 is 0 Å². The molecule has 0 aromatic heterocycles. The summed E-state index contributed by atoms with van der Waals surface area (Å²) < 4.78 is 44.0. The fraction of sp³-hybridized carbons (Fsp3) is 0.529. The van der Waals surface area contributed by atoms with Gasteiger partial charge in [0, 0.05) is 37.8 Å². The van der Waals surface area contributed by atoms with E-state index in [1.807, 2.05) is 6.92 Å². The number of hydrogen-bond donors (Lipinski definition) is 1. The maximum Gasteiger partial charge on any atom is 0.416 e. The van der Waals surface area contributed by atoms with Crippen molar-refractivity contribution in [2.24, 2.45) is 0 Å². The summed E-state index contributed by atoms with van der Waals surface area (Å²) in [6.45, 7) is 9.34. The summed E-state index contributed by atoms with van der Waals surface area (Å²) in [4.78, 5) is 2.27. The van der Waals surface area contributed by atoms with Gasteiger partial charge in [-0.3, -0.25) is 4.90 Å². The van der Waals surface area contributed by atoms with Crippen LogP contribution in [0.15, 0.2) is 30.4 Å². The molecule has 0 amide bonds. The zero-order valence-corrected chi connectivity index (χ0v) is 13.5. The minimum Gasteiger partial charge on any atom is -0.496 e. The second-order valence-electron chi connectivity index (χ2n) is 5.92. The lowest BCUT2D eigenvalue weighted by Crippen LogP contribution is -2.45. The highest BCUT2D eigenvalue weighted by Crippen LogP contribution is 2.38. The van der Waals surface area contributed by atoms with Gasteiger partial charge in [0.2, 0.25) is 0 Å². The van der Waals surface area contributed by atoms with Gasteiger partial charge in [-0.2, -0.15) is 13.2 Å². The van der Waals surface area contributed by atoms with Crippen molar-refractivity contribution in [1.82, 2.24) is 10.2 Å². The van der Waals surface area contributed by atoms with Crippen molar-refractivity contribution in [3.8, 4) is 5.75 Å². The maximum absolute atomic E-state index is 12.9. The lowest BCUT2D eigenvalue weighted by atomic mass is 9.95. The molecule has 1 fully saturated rings.